The van der Waals surface area contributed by atoms with Gasteiger partial charge in [-0.1, -0.05) is 0 Å². The first kappa shape index (κ1) is 9.42. The Labute approximate surface area is 82.2 Å². The molecule has 1 aromatic rings. The summed E-state index contributed by atoms with van der Waals surface area (Å²) >= 11 is 0. The third-order valence-corrected chi connectivity index (χ3v) is 3.34. The van der Waals surface area contributed by atoms with Crippen LogP contribution in [-0.4, -0.2) is 26.1 Å². The quantitative estimate of drug-likeness (QED) is 0.667. The average molecular weight is 214 g/mol. The summed E-state index contributed by atoms with van der Waals surface area (Å²) in [6, 6.07) is 3.04. The molecular formula is C8H10N2O3S. The van der Waals surface area contributed by atoms with Crippen LogP contribution in [0, 0.1) is 0 Å². The first-order valence-corrected chi connectivity index (χ1v) is 5.69. The van der Waals surface area contributed by atoms with Gasteiger partial charge in [-0.3, -0.25) is 0 Å². The molecule has 0 spiro atoms. The number of sulfonamides is 1. The molecule has 1 aliphatic heterocycles. The van der Waals surface area contributed by atoms with Gasteiger partial charge in [0.15, 0.2) is 0 Å². The van der Waals surface area contributed by atoms with Crippen LogP contribution >= 0.6 is 0 Å². The molecule has 1 atom stereocenters. The number of hydrogen-bond acceptors (Lipinski definition) is 4. The first-order valence-electron chi connectivity index (χ1n) is 4.21. The van der Waals surface area contributed by atoms with Gasteiger partial charge >= 0.3 is 0 Å². The lowest BCUT2D eigenvalue weighted by Gasteiger charge is -2.08. The van der Waals surface area contributed by atoms with Gasteiger partial charge in [-0.05, 0) is 19.1 Å². The van der Waals surface area contributed by atoms with Gasteiger partial charge in [0.05, 0.1) is 0 Å². The van der Waals surface area contributed by atoms with E-state index in [4.69, 9.17) is 4.74 Å². The van der Waals surface area contributed by atoms with Crippen molar-refractivity contribution in [2.75, 3.05) is 6.54 Å². The lowest BCUT2D eigenvalue weighted by atomic mass is 10.4. The van der Waals surface area contributed by atoms with Crippen molar-refractivity contribution >= 4 is 10.0 Å². The third-order valence-electron chi connectivity index (χ3n) is 1.90. The number of aromatic nitrogens is 1. The number of nitrogens with zero attached hydrogens (tertiary/aromatic N) is 1. The summed E-state index contributed by atoms with van der Waals surface area (Å²) in [7, 11) is -3.45. The zero-order valence-electron chi connectivity index (χ0n) is 7.60. The fourth-order valence-electron chi connectivity index (χ4n) is 1.21. The highest BCUT2D eigenvalue weighted by atomic mass is 32.2. The van der Waals surface area contributed by atoms with E-state index in [2.05, 4.69) is 9.71 Å². The maximum absolute atomic E-state index is 11.6. The van der Waals surface area contributed by atoms with Crippen molar-refractivity contribution < 1.29 is 13.2 Å². The highest BCUT2D eigenvalue weighted by Gasteiger charge is 2.25. The molecule has 6 heteroatoms. The molecule has 76 valence electrons. The fraction of sp³-hybridized carbons (Fsp3) is 0.375. The second-order valence-corrected chi connectivity index (χ2v) is 4.82. The lowest BCUT2D eigenvalue weighted by Crippen LogP contribution is -2.29. The van der Waals surface area contributed by atoms with Crippen LogP contribution in [0.15, 0.2) is 23.2 Å². The van der Waals surface area contributed by atoms with E-state index in [0.29, 0.717) is 0 Å². The van der Waals surface area contributed by atoms with Crippen LogP contribution in [0.25, 0.3) is 0 Å². The molecule has 1 aromatic heterocycles. The second-order valence-electron chi connectivity index (χ2n) is 3.09. The van der Waals surface area contributed by atoms with Crippen LogP contribution in [0.1, 0.15) is 6.92 Å². The van der Waals surface area contributed by atoms with Crippen molar-refractivity contribution in [2.45, 2.75) is 17.9 Å². The van der Waals surface area contributed by atoms with E-state index in [1.807, 2.05) is 0 Å². The van der Waals surface area contributed by atoms with Gasteiger partial charge in [0, 0.05) is 12.7 Å². The summed E-state index contributed by atoms with van der Waals surface area (Å²) in [5.74, 6) is 0.171. The van der Waals surface area contributed by atoms with E-state index in [1.54, 1.807) is 13.0 Å². The molecule has 5 nitrogen and oxygen atoms in total. The maximum Gasteiger partial charge on any atom is 0.246 e. The zero-order chi connectivity index (χ0) is 10.2. The Hall–Kier alpha value is -1.14. The molecule has 1 unspecified atom stereocenters. The van der Waals surface area contributed by atoms with E-state index in [-0.39, 0.29) is 23.4 Å². The number of fused-ring (bicyclic) bond motifs is 1. The van der Waals surface area contributed by atoms with Gasteiger partial charge in [0.1, 0.15) is 11.0 Å². The van der Waals surface area contributed by atoms with Crippen LogP contribution in [0.5, 0.6) is 5.88 Å². The molecule has 14 heavy (non-hydrogen) atoms. The van der Waals surface area contributed by atoms with Gasteiger partial charge in [0.25, 0.3) is 0 Å². The Kier molecular flexibility index (Phi) is 2.16. The molecule has 0 aromatic carbocycles. The first-order chi connectivity index (χ1) is 6.59. The van der Waals surface area contributed by atoms with Crippen LogP contribution in [-0.2, 0) is 10.0 Å². The van der Waals surface area contributed by atoms with Crippen molar-refractivity contribution in [2.24, 2.45) is 0 Å². The van der Waals surface area contributed by atoms with Crippen molar-refractivity contribution in [3.63, 3.8) is 0 Å². The molecule has 0 aliphatic carbocycles. The monoisotopic (exact) mass is 214 g/mol. The fourth-order valence-corrected chi connectivity index (χ4v) is 2.40. The van der Waals surface area contributed by atoms with Crippen molar-refractivity contribution in [3.05, 3.63) is 18.3 Å². The highest BCUT2D eigenvalue weighted by Crippen LogP contribution is 2.23. The molecule has 1 aliphatic rings. The van der Waals surface area contributed by atoms with Crippen LogP contribution < -0.4 is 9.46 Å². The minimum atomic E-state index is -3.45. The summed E-state index contributed by atoms with van der Waals surface area (Å²) in [4.78, 5) is 3.99. The molecule has 0 amide bonds. The van der Waals surface area contributed by atoms with Gasteiger partial charge in [-0.25, -0.2) is 18.1 Å². The Morgan fingerprint density at radius 3 is 3.21 bits per heavy atom. The van der Waals surface area contributed by atoms with Crippen LogP contribution in [0.2, 0.25) is 0 Å². The third kappa shape index (κ3) is 1.58. The maximum atomic E-state index is 11.6. The number of hydrogen-bond donors (Lipinski definition) is 1. The Morgan fingerprint density at radius 2 is 2.43 bits per heavy atom. The van der Waals surface area contributed by atoms with Gasteiger partial charge < -0.3 is 4.74 Å². The zero-order valence-corrected chi connectivity index (χ0v) is 8.41. The molecule has 2 heterocycles. The average Bonchev–Trinajstić information content (AvgIpc) is 2.25. The number of ether oxygens (including phenoxy) is 1. The second kappa shape index (κ2) is 3.21. The summed E-state index contributed by atoms with van der Waals surface area (Å²) in [6.45, 7) is 2.05. The smallest absolute Gasteiger partial charge is 0.246 e. The molecule has 0 saturated carbocycles. The Morgan fingerprint density at radius 1 is 1.64 bits per heavy atom. The predicted octanol–water partition coefficient (Wildman–Crippen LogP) is 0.141. The lowest BCUT2D eigenvalue weighted by molar-refractivity contribution is 0.215. The number of rotatable bonds is 0. The SMILES string of the molecule is CC1CNS(=O)(=O)c2cccnc2O1. The van der Waals surface area contributed by atoms with Crippen molar-refractivity contribution in [3.8, 4) is 5.88 Å². The van der Waals surface area contributed by atoms with Gasteiger partial charge in [-0.2, -0.15) is 0 Å². The largest absolute Gasteiger partial charge is 0.472 e. The normalized spacial score (nSPS) is 24.5. The molecule has 0 radical (unpaired) electrons. The summed E-state index contributed by atoms with van der Waals surface area (Å²) in [6.07, 6.45) is 1.30. The molecule has 2 rings (SSSR count). The molecular weight excluding hydrogens is 204 g/mol. The summed E-state index contributed by atoms with van der Waals surface area (Å²) in [5, 5.41) is 0. The Bertz CT molecular complexity index is 444. The number of nitrogens with one attached hydrogen (secondary N) is 1. The van der Waals surface area contributed by atoms with E-state index in [1.165, 1.54) is 12.3 Å². The molecule has 1 N–H and O–H groups in total. The van der Waals surface area contributed by atoms with Crippen LogP contribution in [0.3, 0.4) is 0 Å². The van der Waals surface area contributed by atoms with Crippen molar-refractivity contribution in [1.29, 1.82) is 0 Å². The van der Waals surface area contributed by atoms with E-state index < -0.39 is 10.0 Å². The summed E-state index contributed by atoms with van der Waals surface area (Å²) < 4.78 is 31.0. The molecule has 0 fully saturated rings. The van der Waals surface area contributed by atoms with E-state index in [0.717, 1.165) is 0 Å². The molecule has 0 saturated heterocycles. The van der Waals surface area contributed by atoms with E-state index >= 15 is 0 Å². The van der Waals surface area contributed by atoms with Gasteiger partial charge in [0.2, 0.25) is 15.9 Å². The Balaban J connectivity index is 2.58. The highest BCUT2D eigenvalue weighted by molar-refractivity contribution is 7.89. The minimum Gasteiger partial charge on any atom is -0.472 e. The van der Waals surface area contributed by atoms with E-state index in [9.17, 15) is 8.42 Å². The van der Waals surface area contributed by atoms with Crippen LogP contribution in [0.4, 0.5) is 0 Å². The van der Waals surface area contributed by atoms with Crippen molar-refractivity contribution in [1.82, 2.24) is 9.71 Å². The standard InChI is InChI=1S/C8H10N2O3S/c1-6-5-10-14(11,12)7-3-2-4-9-8(7)13-6/h2-4,6,10H,5H2,1H3. The number of pyridine rings is 1. The van der Waals surface area contributed by atoms with Gasteiger partial charge in [-0.15, -0.1) is 0 Å². The predicted molar refractivity (Wildman–Crippen MR) is 49.5 cm³/mol. The minimum absolute atomic E-state index is 0.101. The topological polar surface area (TPSA) is 68.3 Å². The molecule has 0 bridgehead atoms. The summed E-state index contributed by atoms with van der Waals surface area (Å²) in [5.41, 5.74) is 0.